The van der Waals surface area contributed by atoms with Gasteiger partial charge in [-0.1, -0.05) is 20.8 Å². The third-order valence-electron chi connectivity index (χ3n) is 4.27. The van der Waals surface area contributed by atoms with E-state index >= 15 is 0 Å². The lowest BCUT2D eigenvalue weighted by Crippen LogP contribution is -1.99. The third kappa shape index (κ3) is 4.54. The van der Waals surface area contributed by atoms with E-state index in [-0.39, 0.29) is 0 Å². The maximum Gasteiger partial charge on any atom is 0.249 e. The van der Waals surface area contributed by atoms with E-state index in [2.05, 4.69) is 36.0 Å². The summed E-state index contributed by atoms with van der Waals surface area (Å²) in [7, 11) is 0. The molecule has 5 heteroatoms. The SMILES string of the molecule is CCCOc1c(C)cc(-c2nnc(-c3ccc(CC(C)C)nc3)o2)cc1C. The Morgan fingerprint density at radius 3 is 2.22 bits per heavy atom. The van der Waals surface area contributed by atoms with Crippen LogP contribution in [0.15, 0.2) is 34.9 Å². The first kappa shape index (κ1) is 19.1. The summed E-state index contributed by atoms with van der Waals surface area (Å²) in [4.78, 5) is 4.50. The van der Waals surface area contributed by atoms with E-state index in [1.54, 1.807) is 6.20 Å². The van der Waals surface area contributed by atoms with Gasteiger partial charge in [-0.25, -0.2) is 0 Å². The molecule has 0 amide bonds. The molecule has 0 radical (unpaired) electrons. The number of benzene rings is 1. The van der Waals surface area contributed by atoms with Crippen LogP contribution in [-0.4, -0.2) is 21.8 Å². The first-order valence-electron chi connectivity index (χ1n) is 9.51. The summed E-state index contributed by atoms with van der Waals surface area (Å²) in [5, 5.41) is 8.42. The molecule has 0 bridgehead atoms. The second-order valence-corrected chi connectivity index (χ2v) is 7.34. The summed E-state index contributed by atoms with van der Waals surface area (Å²) in [5.74, 6) is 2.50. The Bertz CT molecular complexity index is 875. The van der Waals surface area contributed by atoms with E-state index in [1.165, 1.54) is 0 Å². The standard InChI is InChI=1S/C22H27N3O2/c1-6-9-26-20-15(4)11-18(12-16(20)5)22-25-24-21(27-22)17-7-8-19(23-13-17)10-14(2)3/h7-8,11-14H,6,9-10H2,1-5H3. The molecular formula is C22H27N3O2. The van der Waals surface area contributed by atoms with Crippen LogP contribution in [0.3, 0.4) is 0 Å². The van der Waals surface area contributed by atoms with Gasteiger partial charge in [0, 0.05) is 17.5 Å². The van der Waals surface area contributed by atoms with Crippen molar-refractivity contribution in [2.75, 3.05) is 6.61 Å². The minimum atomic E-state index is 0.482. The molecule has 0 unspecified atom stereocenters. The highest BCUT2D eigenvalue weighted by molar-refractivity contribution is 5.61. The average molecular weight is 365 g/mol. The number of aryl methyl sites for hydroxylation is 2. The first-order valence-corrected chi connectivity index (χ1v) is 9.51. The van der Waals surface area contributed by atoms with Crippen LogP contribution in [0, 0.1) is 19.8 Å². The fourth-order valence-corrected chi connectivity index (χ4v) is 3.05. The van der Waals surface area contributed by atoms with E-state index in [4.69, 9.17) is 9.15 Å². The zero-order chi connectivity index (χ0) is 19.4. The number of ether oxygens (including phenoxy) is 1. The Hall–Kier alpha value is -2.69. The van der Waals surface area contributed by atoms with Crippen LogP contribution in [-0.2, 0) is 6.42 Å². The van der Waals surface area contributed by atoms with Crippen LogP contribution < -0.4 is 4.74 Å². The highest BCUT2D eigenvalue weighted by Crippen LogP contribution is 2.31. The second kappa shape index (κ2) is 8.33. The van der Waals surface area contributed by atoms with Crippen molar-refractivity contribution in [2.24, 2.45) is 5.92 Å². The van der Waals surface area contributed by atoms with E-state index in [1.807, 2.05) is 38.1 Å². The minimum absolute atomic E-state index is 0.482. The molecule has 27 heavy (non-hydrogen) atoms. The van der Waals surface area contributed by atoms with Gasteiger partial charge in [0.2, 0.25) is 11.8 Å². The number of hydrogen-bond acceptors (Lipinski definition) is 5. The van der Waals surface area contributed by atoms with Crippen molar-refractivity contribution in [3.63, 3.8) is 0 Å². The van der Waals surface area contributed by atoms with Crippen molar-refractivity contribution < 1.29 is 9.15 Å². The third-order valence-corrected chi connectivity index (χ3v) is 4.27. The lowest BCUT2D eigenvalue weighted by atomic mass is 10.1. The monoisotopic (exact) mass is 365 g/mol. The summed E-state index contributed by atoms with van der Waals surface area (Å²) < 4.78 is 11.8. The number of aromatic nitrogens is 3. The predicted octanol–water partition coefficient (Wildman–Crippen LogP) is 5.40. The summed E-state index contributed by atoms with van der Waals surface area (Å²) in [6, 6.07) is 8.06. The van der Waals surface area contributed by atoms with E-state index < -0.39 is 0 Å². The van der Waals surface area contributed by atoms with Gasteiger partial charge in [-0.3, -0.25) is 4.98 Å². The van der Waals surface area contributed by atoms with Crippen molar-refractivity contribution in [1.29, 1.82) is 0 Å². The molecule has 5 nitrogen and oxygen atoms in total. The van der Waals surface area contributed by atoms with Gasteiger partial charge in [-0.15, -0.1) is 10.2 Å². The lowest BCUT2D eigenvalue weighted by molar-refractivity contribution is 0.313. The minimum Gasteiger partial charge on any atom is -0.493 e. The van der Waals surface area contributed by atoms with Gasteiger partial charge in [-0.2, -0.15) is 0 Å². The molecule has 2 aromatic heterocycles. The Morgan fingerprint density at radius 2 is 1.67 bits per heavy atom. The summed E-state index contributed by atoms with van der Waals surface area (Å²) in [6.45, 7) is 11.3. The number of rotatable bonds is 7. The van der Waals surface area contributed by atoms with Gasteiger partial charge in [0.05, 0.1) is 12.2 Å². The van der Waals surface area contributed by atoms with E-state index in [0.29, 0.717) is 24.3 Å². The molecule has 0 aliphatic carbocycles. The molecule has 0 N–H and O–H groups in total. The molecule has 0 aliphatic rings. The first-order chi connectivity index (χ1) is 13.0. The molecule has 0 atom stereocenters. The largest absolute Gasteiger partial charge is 0.493 e. The highest BCUT2D eigenvalue weighted by atomic mass is 16.5. The highest BCUT2D eigenvalue weighted by Gasteiger charge is 2.14. The Kier molecular flexibility index (Phi) is 5.89. The Morgan fingerprint density at radius 1 is 1.00 bits per heavy atom. The molecule has 1 aromatic carbocycles. The lowest BCUT2D eigenvalue weighted by Gasteiger charge is -2.12. The fourth-order valence-electron chi connectivity index (χ4n) is 3.05. The van der Waals surface area contributed by atoms with Crippen molar-refractivity contribution in [3.8, 4) is 28.7 Å². The smallest absolute Gasteiger partial charge is 0.249 e. The van der Waals surface area contributed by atoms with Gasteiger partial charge in [-0.05, 0) is 68.0 Å². The number of nitrogens with zero attached hydrogens (tertiary/aromatic N) is 3. The van der Waals surface area contributed by atoms with Crippen LogP contribution in [0.5, 0.6) is 5.75 Å². The van der Waals surface area contributed by atoms with Crippen molar-refractivity contribution in [1.82, 2.24) is 15.2 Å². The fraction of sp³-hybridized carbons (Fsp3) is 0.409. The molecule has 0 saturated carbocycles. The van der Waals surface area contributed by atoms with Crippen LogP contribution in [0.1, 0.15) is 44.0 Å². The van der Waals surface area contributed by atoms with Crippen molar-refractivity contribution in [2.45, 2.75) is 47.5 Å². The van der Waals surface area contributed by atoms with Gasteiger partial charge in [0.25, 0.3) is 0 Å². The Labute approximate surface area is 160 Å². The van der Waals surface area contributed by atoms with E-state index in [9.17, 15) is 0 Å². The van der Waals surface area contributed by atoms with Gasteiger partial charge in [0.15, 0.2) is 0 Å². The summed E-state index contributed by atoms with van der Waals surface area (Å²) in [6.07, 6.45) is 3.74. The Balaban J connectivity index is 1.83. The van der Waals surface area contributed by atoms with Crippen LogP contribution in [0.2, 0.25) is 0 Å². The molecule has 0 aliphatic heterocycles. The zero-order valence-corrected chi connectivity index (χ0v) is 16.7. The molecule has 142 valence electrons. The molecule has 0 spiro atoms. The zero-order valence-electron chi connectivity index (χ0n) is 16.7. The predicted molar refractivity (Wildman–Crippen MR) is 107 cm³/mol. The van der Waals surface area contributed by atoms with Gasteiger partial charge < -0.3 is 9.15 Å². The summed E-state index contributed by atoms with van der Waals surface area (Å²) >= 11 is 0. The van der Waals surface area contributed by atoms with Gasteiger partial charge >= 0.3 is 0 Å². The molecule has 2 heterocycles. The topological polar surface area (TPSA) is 61.0 Å². The molecule has 0 fully saturated rings. The maximum atomic E-state index is 5.90. The second-order valence-electron chi connectivity index (χ2n) is 7.34. The molecule has 3 rings (SSSR count). The molecule has 3 aromatic rings. The van der Waals surface area contributed by atoms with E-state index in [0.717, 1.165) is 46.5 Å². The van der Waals surface area contributed by atoms with Crippen LogP contribution in [0.4, 0.5) is 0 Å². The normalized spacial score (nSPS) is 11.2. The number of hydrogen-bond donors (Lipinski definition) is 0. The van der Waals surface area contributed by atoms with Crippen LogP contribution >= 0.6 is 0 Å². The molecule has 0 saturated heterocycles. The summed E-state index contributed by atoms with van der Waals surface area (Å²) in [5.41, 5.74) is 4.94. The average Bonchev–Trinajstić information content (AvgIpc) is 3.11. The maximum absolute atomic E-state index is 5.90. The number of pyridine rings is 1. The molecular weight excluding hydrogens is 338 g/mol. The quantitative estimate of drug-likeness (QED) is 0.561. The van der Waals surface area contributed by atoms with Crippen molar-refractivity contribution in [3.05, 3.63) is 47.3 Å². The van der Waals surface area contributed by atoms with Gasteiger partial charge in [0.1, 0.15) is 5.75 Å². The van der Waals surface area contributed by atoms with Crippen LogP contribution in [0.25, 0.3) is 22.9 Å². The van der Waals surface area contributed by atoms with Crippen molar-refractivity contribution >= 4 is 0 Å².